The Bertz CT molecular complexity index is 1130. The number of carbonyl (C=O) groups is 2. The molecule has 4 nitrogen and oxygen atoms in total. The Labute approximate surface area is 194 Å². The van der Waals surface area contributed by atoms with Crippen LogP contribution in [0.25, 0.3) is 5.70 Å². The van der Waals surface area contributed by atoms with Crippen LogP contribution in [0.4, 0.5) is 30.7 Å². The van der Waals surface area contributed by atoms with E-state index in [1.807, 2.05) is 0 Å². The van der Waals surface area contributed by atoms with Crippen molar-refractivity contribution >= 4 is 29.1 Å². The monoisotopic (exact) mass is 511 g/mol. The smallest absolute Gasteiger partial charge is 0.435 e. The summed E-state index contributed by atoms with van der Waals surface area (Å²) in [4.78, 5) is 24.4. The fraction of sp³-hybridized carbons (Fsp3) is 0.273. The van der Waals surface area contributed by atoms with Gasteiger partial charge < -0.3 is 10.5 Å². The third kappa shape index (κ3) is 4.89. The van der Waals surface area contributed by atoms with Crippen molar-refractivity contribution in [3.8, 4) is 0 Å². The first kappa shape index (κ1) is 27.2. The summed E-state index contributed by atoms with van der Waals surface area (Å²) in [5, 5.41) is 0.00617. The summed E-state index contributed by atoms with van der Waals surface area (Å²) in [5.74, 6) is -1.56. The largest absolute Gasteiger partial charge is 0.465 e. The van der Waals surface area contributed by atoms with Crippen LogP contribution in [0, 0.1) is 13.8 Å². The molecule has 2 aromatic carbocycles. The highest BCUT2D eigenvalue weighted by Gasteiger charge is 2.73. The van der Waals surface area contributed by atoms with Gasteiger partial charge in [0.15, 0.2) is 5.78 Å². The summed E-state index contributed by atoms with van der Waals surface area (Å²) >= 11 is 5.89. The van der Waals surface area contributed by atoms with Crippen molar-refractivity contribution in [2.45, 2.75) is 31.9 Å². The van der Waals surface area contributed by atoms with Gasteiger partial charge in [-0.1, -0.05) is 23.7 Å². The van der Waals surface area contributed by atoms with Gasteiger partial charge in [-0.2, -0.15) is 26.3 Å². The maximum atomic E-state index is 14.4. The molecule has 0 saturated carbocycles. The predicted molar refractivity (Wildman–Crippen MR) is 110 cm³/mol. The average molecular weight is 512 g/mol. The predicted octanol–water partition coefficient (Wildman–Crippen LogP) is 6.22. The van der Waals surface area contributed by atoms with E-state index in [1.54, 1.807) is 0 Å². The first-order valence-electron chi connectivity index (χ1n) is 9.29. The van der Waals surface area contributed by atoms with E-state index in [-0.39, 0.29) is 38.5 Å². The van der Waals surface area contributed by atoms with Crippen molar-refractivity contribution in [2.75, 3.05) is 7.11 Å². The van der Waals surface area contributed by atoms with Crippen LogP contribution in [0.1, 0.15) is 43.0 Å². The number of aryl methyl sites for hydroxylation is 2. The lowest BCUT2D eigenvalue weighted by Crippen LogP contribution is -2.50. The molecule has 184 valence electrons. The molecule has 2 N–H and O–H groups in total. The quantitative estimate of drug-likeness (QED) is 0.224. The lowest BCUT2D eigenvalue weighted by molar-refractivity contribution is -0.348. The van der Waals surface area contributed by atoms with Crippen molar-refractivity contribution in [1.82, 2.24) is 0 Å². The average Bonchev–Trinajstić information content (AvgIpc) is 2.70. The summed E-state index contributed by atoms with van der Waals surface area (Å²) < 4.78 is 97.5. The van der Waals surface area contributed by atoms with Crippen molar-refractivity contribution in [3.05, 3.63) is 74.8 Å². The van der Waals surface area contributed by atoms with Crippen molar-refractivity contribution in [3.63, 3.8) is 0 Å². The molecule has 0 radical (unpaired) electrons. The van der Waals surface area contributed by atoms with E-state index in [9.17, 15) is 40.3 Å². The lowest BCUT2D eigenvalue weighted by atomic mass is 9.88. The number of hydrogen-bond donors (Lipinski definition) is 1. The van der Waals surface area contributed by atoms with E-state index in [1.165, 1.54) is 12.1 Å². The number of hydrogen-bond acceptors (Lipinski definition) is 4. The summed E-state index contributed by atoms with van der Waals surface area (Å²) in [6, 6.07) is 4.42. The fourth-order valence-electron chi connectivity index (χ4n) is 3.35. The third-order valence-electron chi connectivity index (χ3n) is 4.94. The van der Waals surface area contributed by atoms with Crippen molar-refractivity contribution < 1.29 is 45.1 Å². The Morgan fingerprint density at radius 3 is 1.88 bits per heavy atom. The van der Waals surface area contributed by atoms with E-state index in [2.05, 4.69) is 4.74 Å². The highest BCUT2D eigenvalue weighted by atomic mass is 35.5. The second kappa shape index (κ2) is 9.28. The van der Waals surface area contributed by atoms with Crippen LogP contribution in [0.5, 0.6) is 0 Å². The first-order valence-corrected chi connectivity index (χ1v) is 9.67. The normalized spacial score (nSPS) is 13.1. The molecule has 12 heteroatoms. The second-order valence-corrected chi connectivity index (χ2v) is 7.70. The third-order valence-corrected chi connectivity index (χ3v) is 5.27. The molecule has 0 aliphatic carbocycles. The Hall–Kier alpha value is -3.08. The van der Waals surface area contributed by atoms with Crippen molar-refractivity contribution in [1.29, 1.82) is 0 Å². The van der Waals surface area contributed by atoms with Gasteiger partial charge in [-0.05, 0) is 43.2 Å². The van der Waals surface area contributed by atoms with Gasteiger partial charge in [-0.3, -0.25) is 4.79 Å². The van der Waals surface area contributed by atoms with Crippen LogP contribution < -0.4 is 5.73 Å². The number of rotatable bonds is 5. The molecule has 0 saturated heterocycles. The minimum absolute atomic E-state index is 0.00617. The van der Waals surface area contributed by atoms with Gasteiger partial charge in [0.25, 0.3) is 0 Å². The molecule has 2 aromatic rings. The Morgan fingerprint density at radius 1 is 0.941 bits per heavy atom. The van der Waals surface area contributed by atoms with Crippen LogP contribution in [0.15, 0.2) is 36.4 Å². The summed E-state index contributed by atoms with van der Waals surface area (Å²) in [7, 11) is 1.10. The van der Waals surface area contributed by atoms with E-state index in [0.29, 0.717) is 12.1 Å². The molecule has 0 aliphatic heterocycles. The van der Waals surface area contributed by atoms with Crippen LogP contribution in [0.3, 0.4) is 0 Å². The second-order valence-electron chi connectivity index (χ2n) is 7.29. The zero-order valence-electron chi connectivity index (χ0n) is 17.8. The number of methoxy groups -OCH3 is 1. The molecular weight excluding hydrogens is 495 g/mol. The minimum Gasteiger partial charge on any atom is -0.465 e. The molecule has 0 amide bonds. The molecule has 0 aromatic heterocycles. The van der Waals surface area contributed by atoms with Crippen LogP contribution >= 0.6 is 11.6 Å². The standard InChI is InChI=1S/C22H17ClF7NO3/c1-10-6-13(20(24,21(25,26)27)22(28,29)30)7-11(2)18(10)16(31)9-17(32)12-4-5-15(23)14(8-12)19(33)34-3/h4-9H,31H2,1-3H3. The first-order chi connectivity index (χ1) is 15.5. The van der Waals surface area contributed by atoms with Gasteiger partial charge in [0, 0.05) is 28.5 Å². The minimum atomic E-state index is -6.27. The molecule has 0 heterocycles. The summed E-state index contributed by atoms with van der Waals surface area (Å²) in [5.41, 5.74) is -2.32. The summed E-state index contributed by atoms with van der Waals surface area (Å²) in [6.07, 6.45) is -11.7. The van der Waals surface area contributed by atoms with E-state index in [4.69, 9.17) is 17.3 Å². The SMILES string of the molecule is COC(=O)c1cc(C(=O)C=C(N)c2c(C)cc(C(F)(C(F)(F)F)C(F)(F)F)cc2C)ccc1Cl. The number of ether oxygens (including phenoxy) is 1. The number of esters is 1. The van der Waals surface area contributed by atoms with Crippen LogP contribution in [-0.2, 0) is 10.4 Å². The maximum absolute atomic E-state index is 14.4. The van der Waals surface area contributed by atoms with E-state index < -0.39 is 35.3 Å². The topological polar surface area (TPSA) is 69.4 Å². The van der Waals surface area contributed by atoms with E-state index >= 15 is 0 Å². The van der Waals surface area contributed by atoms with Crippen LogP contribution in [0.2, 0.25) is 5.02 Å². The molecule has 0 aliphatic rings. The molecule has 0 spiro atoms. The zero-order chi connectivity index (χ0) is 26.2. The Morgan fingerprint density at radius 2 is 1.44 bits per heavy atom. The number of ketones is 1. The van der Waals surface area contributed by atoms with Gasteiger partial charge >= 0.3 is 24.0 Å². The van der Waals surface area contributed by atoms with Gasteiger partial charge in [-0.25, -0.2) is 9.18 Å². The number of allylic oxidation sites excluding steroid dienone is 1. The highest BCUT2D eigenvalue weighted by molar-refractivity contribution is 6.33. The molecule has 0 bridgehead atoms. The van der Waals surface area contributed by atoms with Gasteiger partial charge in [0.1, 0.15) is 0 Å². The number of nitrogens with two attached hydrogens (primary N) is 1. The Kier molecular flexibility index (Phi) is 7.42. The number of halogens is 8. The number of carbonyl (C=O) groups excluding carboxylic acids is 2. The number of benzene rings is 2. The van der Waals surface area contributed by atoms with Crippen LogP contribution in [-0.4, -0.2) is 31.2 Å². The highest BCUT2D eigenvalue weighted by Crippen LogP contribution is 2.53. The van der Waals surface area contributed by atoms with Gasteiger partial charge in [0.2, 0.25) is 0 Å². The van der Waals surface area contributed by atoms with Crippen molar-refractivity contribution in [2.24, 2.45) is 5.73 Å². The number of alkyl halides is 7. The molecule has 34 heavy (non-hydrogen) atoms. The molecule has 0 atom stereocenters. The van der Waals surface area contributed by atoms with Gasteiger partial charge in [-0.15, -0.1) is 0 Å². The lowest BCUT2D eigenvalue weighted by Gasteiger charge is -2.31. The summed E-state index contributed by atoms with van der Waals surface area (Å²) in [6.45, 7) is 2.25. The zero-order valence-corrected chi connectivity index (χ0v) is 18.5. The Balaban J connectivity index is 2.56. The molecule has 0 unspecified atom stereocenters. The molecular formula is C22H17ClF7NO3. The fourth-order valence-corrected chi connectivity index (χ4v) is 3.54. The van der Waals surface area contributed by atoms with E-state index in [0.717, 1.165) is 33.1 Å². The molecule has 0 fully saturated rings. The van der Waals surface area contributed by atoms with Gasteiger partial charge in [0.05, 0.1) is 17.7 Å². The molecule has 2 rings (SSSR count). The maximum Gasteiger partial charge on any atom is 0.435 e.